The molecule has 1 aliphatic rings. The predicted molar refractivity (Wildman–Crippen MR) is 122 cm³/mol. The Hall–Kier alpha value is -3.01. The molecule has 2 aromatic heterocycles. The SMILES string of the molecule is Nc1ccc2ccc(CN3CCC(NS(=O)(=O)c4cc5ccccc5s4)C3=O)cc2n1. The first-order valence-electron chi connectivity index (χ1n) is 9.84. The van der Waals surface area contributed by atoms with Gasteiger partial charge in [-0.1, -0.05) is 30.3 Å². The Morgan fingerprint density at radius 1 is 1.10 bits per heavy atom. The molecule has 3 N–H and O–H groups in total. The van der Waals surface area contributed by atoms with Crippen molar-refractivity contribution in [2.75, 3.05) is 12.3 Å². The average Bonchev–Trinajstić information content (AvgIpc) is 3.33. The molecule has 9 heteroatoms. The lowest BCUT2D eigenvalue weighted by atomic mass is 10.1. The Bertz CT molecular complexity index is 1380. The van der Waals surface area contributed by atoms with Crippen LogP contribution >= 0.6 is 11.3 Å². The summed E-state index contributed by atoms with van der Waals surface area (Å²) in [5.74, 6) is 0.225. The molecule has 1 amide bonds. The van der Waals surface area contributed by atoms with Crippen molar-refractivity contribution < 1.29 is 13.2 Å². The van der Waals surface area contributed by atoms with Crippen LogP contribution in [0.3, 0.4) is 0 Å². The Kier molecular flexibility index (Phi) is 4.88. The van der Waals surface area contributed by atoms with E-state index in [0.29, 0.717) is 25.3 Å². The van der Waals surface area contributed by atoms with E-state index in [1.54, 1.807) is 17.0 Å². The highest BCUT2D eigenvalue weighted by Gasteiger charge is 2.35. The molecule has 0 aliphatic carbocycles. The number of nitrogen functional groups attached to an aromatic ring is 1. The van der Waals surface area contributed by atoms with Gasteiger partial charge in [-0.05, 0) is 47.7 Å². The number of thiophene rings is 1. The predicted octanol–water partition coefficient (Wildman–Crippen LogP) is 3.11. The van der Waals surface area contributed by atoms with Crippen molar-refractivity contribution in [3.05, 3.63) is 66.2 Å². The molecule has 5 rings (SSSR count). The minimum Gasteiger partial charge on any atom is -0.384 e. The van der Waals surface area contributed by atoms with Crippen molar-refractivity contribution in [1.29, 1.82) is 0 Å². The number of anilines is 1. The van der Waals surface area contributed by atoms with Crippen LogP contribution in [-0.4, -0.2) is 36.8 Å². The van der Waals surface area contributed by atoms with Crippen molar-refractivity contribution in [1.82, 2.24) is 14.6 Å². The minimum atomic E-state index is -3.77. The molecule has 4 aromatic rings. The first kappa shape index (κ1) is 19.9. The lowest BCUT2D eigenvalue weighted by Crippen LogP contribution is -2.41. The van der Waals surface area contributed by atoms with Crippen LogP contribution in [0.5, 0.6) is 0 Å². The maximum atomic E-state index is 12.9. The van der Waals surface area contributed by atoms with Crippen molar-refractivity contribution in [2.45, 2.75) is 23.2 Å². The summed E-state index contributed by atoms with van der Waals surface area (Å²) in [5, 5.41) is 1.84. The monoisotopic (exact) mass is 452 g/mol. The van der Waals surface area contributed by atoms with Crippen LogP contribution in [0, 0.1) is 0 Å². The van der Waals surface area contributed by atoms with E-state index in [1.807, 2.05) is 48.5 Å². The molecule has 1 saturated heterocycles. The summed E-state index contributed by atoms with van der Waals surface area (Å²) in [6.45, 7) is 0.882. The second-order valence-corrected chi connectivity index (χ2v) is 10.6. The van der Waals surface area contributed by atoms with Gasteiger partial charge in [0.25, 0.3) is 10.0 Å². The molecule has 7 nitrogen and oxygen atoms in total. The third kappa shape index (κ3) is 3.87. The van der Waals surface area contributed by atoms with Gasteiger partial charge in [0.2, 0.25) is 5.91 Å². The number of aromatic nitrogens is 1. The van der Waals surface area contributed by atoms with Gasteiger partial charge in [0.1, 0.15) is 16.1 Å². The molecule has 158 valence electrons. The van der Waals surface area contributed by atoms with Gasteiger partial charge >= 0.3 is 0 Å². The summed E-state index contributed by atoms with van der Waals surface area (Å²) in [7, 11) is -3.77. The number of likely N-dealkylation sites (tertiary alicyclic amines) is 1. The van der Waals surface area contributed by atoms with Crippen molar-refractivity contribution in [2.24, 2.45) is 0 Å². The first-order chi connectivity index (χ1) is 14.9. The lowest BCUT2D eigenvalue weighted by Gasteiger charge is -2.17. The van der Waals surface area contributed by atoms with Gasteiger partial charge in [-0.15, -0.1) is 11.3 Å². The first-order valence-corrected chi connectivity index (χ1v) is 12.1. The van der Waals surface area contributed by atoms with Crippen LogP contribution in [0.25, 0.3) is 21.0 Å². The number of hydrogen-bond donors (Lipinski definition) is 2. The topological polar surface area (TPSA) is 105 Å². The highest BCUT2D eigenvalue weighted by Crippen LogP contribution is 2.29. The standard InChI is InChI=1S/C22H20N4O3S2/c23-20-8-7-15-6-5-14(11-18(15)24-20)13-26-10-9-17(22(26)27)25-31(28,29)21-12-16-3-1-2-4-19(16)30-21/h1-8,11-12,17,25H,9-10,13H2,(H2,23,24). The maximum absolute atomic E-state index is 12.9. The molecule has 31 heavy (non-hydrogen) atoms. The summed E-state index contributed by atoms with van der Waals surface area (Å²) in [5.41, 5.74) is 7.46. The number of carbonyl (C=O) groups is 1. The second kappa shape index (κ2) is 7.60. The number of nitrogens with two attached hydrogens (primary N) is 1. The third-order valence-electron chi connectivity index (χ3n) is 5.41. The van der Waals surface area contributed by atoms with Gasteiger partial charge in [0.15, 0.2) is 0 Å². The van der Waals surface area contributed by atoms with E-state index in [0.717, 1.165) is 26.6 Å². The van der Waals surface area contributed by atoms with Gasteiger partial charge in [-0.25, -0.2) is 13.4 Å². The maximum Gasteiger partial charge on any atom is 0.250 e. The molecular weight excluding hydrogens is 432 g/mol. The highest BCUT2D eigenvalue weighted by molar-refractivity contribution is 7.91. The van der Waals surface area contributed by atoms with Crippen LogP contribution in [0.15, 0.2) is 64.9 Å². The molecule has 1 fully saturated rings. The summed E-state index contributed by atoms with van der Waals surface area (Å²) >= 11 is 1.20. The number of nitrogens with one attached hydrogen (secondary N) is 1. The van der Waals surface area contributed by atoms with E-state index in [1.165, 1.54) is 11.3 Å². The number of fused-ring (bicyclic) bond motifs is 2. The number of carbonyl (C=O) groups excluding carboxylic acids is 1. The Labute approximate surface area is 183 Å². The van der Waals surface area contributed by atoms with Crippen molar-refractivity contribution in [3.8, 4) is 0 Å². The van der Waals surface area contributed by atoms with Crippen LogP contribution in [0.2, 0.25) is 0 Å². The second-order valence-electron chi connectivity index (χ2n) is 7.59. The number of nitrogens with zero attached hydrogens (tertiary/aromatic N) is 2. The number of benzene rings is 2. The zero-order chi connectivity index (χ0) is 21.6. The van der Waals surface area contributed by atoms with Gasteiger partial charge in [0, 0.05) is 23.2 Å². The van der Waals surface area contributed by atoms with Crippen LogP contribution in [0.4, 0.5) is 5.82 Å². The number of rotatable bonds is 5. The molecule has 1 unspecified atom stereocenters. The van der Waals surface area contributed by atoms with E-state index in [4.69, 9.17) is 5.73 Å². The molecule has 0 spiro atoms. The number of pyridine rings is 1. The fourth-order valence-electron chi connectivity index (χ4n) is 3.84. The van der Waals surface area contributed by atoms with Crippen molar-refractivity contribution in [3.63, 3.8) is 0 Å². The molecule has 1 aliphatic heterocycles. The molecular formula is C22H20N4O3S2. The van der Waals surface area contributed by atoms with E-state index in [9.17, 15) is 13.2 Å². The molecule has 2 aromatic carbocycles. The fraction of sp³-hybridized carbons (Fsp3) is 0.182. The highest BCUT2D eigenvalue weighted by atomic mass is 32.2. The lowest BCUT2D eigenvalue weighted by molar-refractivity contribution is -0.129. The minimum absolute atomic E-state index is 0.217. The van der Waals surface area contributed by atoms with Crippen LogP contribution in [0.1, 0.15) is 12.0 Å². The zero-order valence-electron chi connectivity index (χ0n) is 16.5. The Morgan fingerprint density at radius 2 is 1.90 bits per heavy atom. The number of hydrogen-bond acceptors (Lipinski definition) is 6. The summed E-state index contributed by atoms with van der Waals surface area (Å²) in [6, 6.07) is 17.8. The molecule has 3 heterocycles. The van der Waals surface area contributed by atoms with E-state index < -0.39 is 16.1 Å². The van der Waals surface area contributed by atoms with Gasteiger partial charge in [-0.3, -0.25) is 4.79 Å². The smallest absolute Gasteiger partial charge is 0.250 e. The number of sulfonamides is 1. The molecule has 0 radical (unpaired) electrons. The Balaban J connectivity index is 1.31. The zero-order valence-corrected chi connectivity index (χ0v) is 18.1. The van der Waals surface area contributed by atoms with Crippen LogP contribution < -0.4 is 10.5 Å². The van der Waals surface area contributed by atoms with Gasteiger partial charge in [-0.2, -0.15) is 4.72 Å². The quantitative estimate of drug-likeness (QED) is 0.484. The summed E-state index contributed by atoms with van der Waals surface area (Å²) < 4.78 is 29.4. The largest absolute Gasteiger partial charge is 0.384 e. The third-order valence-corrected chi connectivity index (χ3v) is 8.48. The van der Waals surface area contributed by atoms with Gasteiger partial charge < -0.3 is 10.6 Å². The molecule has 0 bridgehead atoms. The van der Waals surface area contributed by atoms with E-state index in [-0.39, 0.29) is 10.1 Å². The van der Waals surface area contributed by atoms with E-state index in [2.05, 4.69) is 9.71 Å². The van der Waals surface area contributed by atoms with Crippen molar-refractivity contribution >= 4 is 54.1 Å². The normalized spacial score (nSPS) is 17.1. The summed E-state index contributed by atoms with van der Waals surface area (Å²) in [4.78, 5) is 18.9. The number of amides is 1. The Morgan fingerprint density at radius 3 is 2.74 bits per heavy atom. The molecule has 1 atom stereocenters. The van der Waals surface area contributed by atoms with Gasteiger partial charge in [0.05, 0.1) is 5.52 Å². The van der Waals surface area contributed by atoms with E-state index >= 15 is 0 Å². The summed E-state index contributed by atoms with van der Waals surface area (Å²) in [6.07, 6.45) is 0.432. The molecule has 0 saturated carbocycles. The van der Waals surface area contributed by atoms with Crippen LogP contribution in [-0.2, 0) is 21.4 Å². The fourth-order valence-corrected chi connectivity index (χ4v) is 6.48. The average molecular weight is 453 g/mol.